The molecule has 0 bridgehead atoms. The van der Waals surface area contributed by atoms with E-state index in [-0.39, 0.29) is 12.4 Å². The summed E-state index contributed by atoms with van der Waals surface area (Å²) in [6, 6.07) is 6.94. The summed E-state index contributed by atoms with van der Waals surface area (Å²) in [4.78, 5) is 0. The third-order valence-electron chi connectivity index (χ3n) is 3.96. The van der Waals surface area contributed by atoms with Gasteiger partial charge in [-0.2, -0.15) is 0 Å². The van der Waals surface area contributed by atoms with E-state index in [2.05, 4.69) is 0 Å². The molecule has 1 aliphatic rings. The molecule has 118 valence electrons. The Balaban J connectivity index is 1.78. The van der Waals surface area contributed by atoms with Gasteiger partial charge in [0.05, 0.1) is 5.75 Å². The molecule has 5 nitrogen and oxygen atoms in total. The standard InChI is InChI=1S/C15H24N2O3S/c1-17(12-13-4-2-3-5-13)21(18,19)11-10-20-15-8-6-14(16)7-9-15/h6-9,13H,2-5,10-12,16H2,1H3. The van der Waals surface area contributed by atoms with Gasteiger partial charge in [-0.15, -0.1) is 0 Å². The topological polar surface area (TPSA) is 72.6 Å². The molecule has 0 unspecified atom stereocenters. The molecule has 0 radical (unpaired) electrons. The van der Waals surface area contributed by atoms with Crippen molar-refractivity contribution in [3.05, 3.63) is 24.3 Å². The molecule has 0 spiro atoms. The predicted molar refractivity (Wildman–Crippen MR) is 84.7 cm³/mol. The second-order valence-corrected chi connectivity index (χ2v) is 7.86. The van der Waals surface area contributed by atoms with Gasteiger partial charge in [-0.05, 0) is 43.0 Å². The number of nitrogen functional groups attached to an aromatic ring is 1. The maximum Gasteiger partial charge on any atom is 0.217 e. The lowest BCUT2D eigenvalue weighted by molar-refractivity contribution is 0.333. The van der Waals surface area contributed by atoms with E-state index in [0.717, 1.165) is 12.8 Å². The largest absolute Gasteiger partial charge is 0.492 e. The number of anilines is 1. The maximum absolute atomic E-state index is 12.2. The summed E-state index contributed by atoms with van der Waals surface area (Å²) in [6.45, 7) is 0.783. The van der Waals surface area contributed by atoms with Crippen LogP contribution >= 0.6 is 0 Å². The summed E-state index contributed by atoms with van der Waals surface area (Å²) < 4.78 is 31.3. The highest BCUT2D eigenvalue weighted by Crippen LogP contribution is 2.25. The Morgan fingerprint density at radius 3 is 2.48 bits per heavy atom. The van der Waals surface area contributed by atoms with E-state index < -0.39 is 10.0 Å². The van der Waals surface area contributed by atoms with Gasteiger partial charge in [0.15, 0.2) is 0 Å². The highest BCUT2D eigenvalue weighted by Gasteiger charge is 2.23. The summed E-state index contributed by atoms with van der Waals surface area (Å²) in [5.41, 5.74) is 6.24. The van der Waals surface area contributed by atoms with Crippen molar-refractivity contribution in [3.63, 3.8) is 0 Å². The van der Waals surface area contributed by atoms with Crippen LogP contribution in [0.15, 0.2) is 24.3 Å². The fourth-order valence-electron chi connectivity index (χ4n) is 2.65. The summed E-state index contributed by atoms with van der Waals surface area (Å²) in [5, 5.41) is 0. The van der Waals surface area contributed by atoms with E-state index in [1.54, 1.807) is 31.3 Å². The number of benzene rings is 1. The van der Waals surface area contributed by atoms with Crippen LogP contribution in [0, 0.1) is 5.92 Å². The molecule has 6 heteroatoms. The molecule has 1 aliphatic carbocycles. The second-order valence-electron chi connectivity index (χ2n) is 5.66. The normalized spacial score (nSPS) is 16.5. The first-order valence-corrected chi connectivity index (χ1v) is 9.00. The summed E-state index contributed by atoms with van der Waals surface area (Å²) in [7, 11) is -1.58. The number of ether oxygens (including phenoxy) is 1. The summed E-state index contributed by atoms with van der Waals surface area (Å²) in [5.74, 6) is 1.15. The minimum atomic E-state index is -3.24. The molecule has 0 aliphatic heterocycles. The number of hydrogen-bond donors (Lipinski definition) is 1. The monoisotopic (exact) mass is 312 g/mol. The van der Waals surface area contributed by atoms with Gasteiger partial charge in [0, 0.05) is 19.3 Å². The van der Waals surface area contributed by atoms with Gasteiger partial charge in [0.2, 0.25) is 10.0 Å². The average molecular weight is 312 g/mol. The Morgan fingerprint density at radius 1 is 1.24 bits per heavy atom. The molecular weight excluding hydrogens is 288 g/mol. The van der Waals surface area contributed by atoms with Gasteiger partial charge in [0.1, 0.15) is 12.4 Å². The van der Waals surface area contributed by atoms with E-state index in [0.29, 0.717) is 23.9 Å². The van der Waals surface area contributed by atoms with Crippen LogP contribution in [0.25, 0.3) is 0 Å². The average Bonchev–Trinajstić information content (AvgIpc) is 2.94. The molecule has 1 saturated carbocycles. The molecule has 21 heavy (non-hydrogen) atoms. The van der Waals surface area contributed by atoms with Crippen LogP contribution < -0.4 is 10.5 Å². The van der Waals surface area contributed by atoms with Gasteiger partial charge >= 0.3 is 0 Å². The molecule has 0 atom stereocenters. The lowest BCUT2D eigenvalue weighted by Gasteiger charge is -2.20. The Bertz CT molecular complexity index is 537. The van der Waals surface area contributed by atoms with Gasteiger partial charge in [-0.3, -0.25) is 0 Å². The molecule has 1 fully saturated rings. The van der Waals surface area contributed by atoms with Crippen molar-refractivity contribution in [2.24, 2.45) is 5.92 Å². The van der Waals surface area contributed by atoms with Crippen molar-refractivity contribution in [3.8, 4) is 5.75 Å². The van der Waals surface area contributed by atoms with Gasteiger partial charge in [-0.25, -0.2) is 12.7 Å². The zero-order valence-corrected chi connectivity index (χ0v) is 13.3. The Morgan fingerprint density at radius 2 is 1.86 bits per heavy atom. The second kappa shape index (κ2) is 7.13. The number of nitrogens with zero attached hydrogens (tertiary/aromatic N) is 1. The summed E-state index contributed by atoms with van der Waals surface area (Å²) >= 11 is 0. The SMILES string of the molecule is CN(CC1CCCC1)S(=O)(=O)CCOc1ccc(N)cc1. The number of rotatable bonds is 7. The van der Waals surface area contributed by atoms with E-state index in [9.17, 15) is 8.42 Å². The van der Waals surface area contributed by atoms with Crippen molar-refractivity contribution >= 4 is 15.7 Å². The van der Waals surface area contributed by atoms with Crippen LogP contribution in [0.5, 0.6) is 5.75 Å². The van der Waals surface area contributed by atoms with Crippen LogP contribution in [-0.2, 0) is 10.0 Å². The lowest BCUT2D eigenvalue weighted by atomic mass is 10.1. The molecule has 1 aromatic rings. The molecule has 0 heterocycles. The Hall–Kier alpha value is -1.27. The zero-order chi connectivity index (χ0) is 15.3. The number of nitrogens with two attached hydrogens (primary N) is 1. The van der Waals surface area contributed by atoms with Crippen molar-refractivity contribution in [2.75, 3.05) is 31.7 Å². The summed E-state index contributed by atoms with van der Waals surface area (Å²) in [6.07, 6.45) is 4.72. The molecule has 2 rings (SSSR count). The van der Waals surface area contributed by atoms with Crippen LogP contribution in [0.1, 0.15) is 25.7 Å². The first-order valence-electron chi connectivity index (χ1n) is 7.40. The molecule has 0 saturated heterocycles. The molecule has 1 aromatic carbocycles. The Kier molecular flexibility index (Phi) is 5.47. The minimum absolute atomic E-state index is 0.000592. The fraction of sp³-hybridized carbons (Fsp3) is 0.600. The van der Waals surface area contributed by atoms with Crippen LogP contribution in [0.3, 0.4) is 0 Å². The third kappa shape index (κ3) is 4.89. The Labute approximate surface area is 127 Å². The highest BCUT2D eigenvalue weighted by molar-refractivity contribution is 7.89. The van der Waals surface area contributed by atoms with Crippen LogP contribution in [-0.4, -0.2) is 38.7 Å². The van der Waals surface area contributed by atoms with Crippen molar-refractivity contribution < 1.29 is 13.2 Å². The molecule has 0 aromatic heterocycles. The first-order chi connectivity index (χ1) is 9.97. The van der Waals surface area contributed by atoms with Crippen LogP contribution in [0.2, 0.25) is 0 Å². The molecule has 0 amide bonds. The fourth-order valence-corrected chi connectivity index (χ4v) is 3.70. The van der Waals surface area contributed by atoms with E-state index in [4.69, 9.17) is 10.5 Å². The number of hydrogen-bond acceptors (Lipinski definition) is 4. The highest BCUT2D eigenvalue weighted by atomic mass is 32.2. The van der Waals surface area contributed by atoms with Gasteiger partial charge in [0.25, 0.3) is 0 Å². The van der Waals surface area contributed by atoms with E-state index in [1.165, 1.54) is 17.1 Å². The third-order valence-corrected chi connectivity index (χ3v) is 5.74. The van der Waals surface area contributed by atoms with Crippen molar-refractivity contribution in [1.82, 2.24) is 4.31 Å². The quantitative estimate of drug-likeness (QED) is 0.783. The van der Waals surface area contributed by atoms with Gasteiger partial charge < -0.3 is 10.5 Å². The lowest BCUT2D eigenvalue weighted by Crippen LogP contribution is -2.34. The minimum Gasteiger partial charge on any atom is -0.492 e. The molecule has 2 N–H and O–H groups in total. The zero-order valence-electron chi connectivity index (χ0n) is 12.5. The smallest absolute Gasteiger partial charge is 0.217 e. The van der Waals surface area contributed by atoms with Crippen LogP contribution in [0.4, 0.5) is 5.69 Å². The predicted octanol–water partition coefficient (Wildman–Crippen LogP) is 2.10. The molecular formula is C15H24N2O3S. The first kappa shape index (κ1) is 16.1. The van der Waals surface area contributed by atoms with Crippen molar-refractivity contribution in [2.45, 2.75) is 25.7 Å². The van der Waals surface area contributed by atoms with E-state index >= 15 is 0 Å². The number of sulfonamides is 1. The maximum atomic E-state index is 12.2. The van der Waals surface area contributed by atoms with E-state index in [1.807, 2.05) is 0 Å². The van der Waals surface area contributed by atoms with Crippen molar-refractivity contribution in [1.29, 1.82) is 0 Å². The van der Waals surface area contributed by atoms with Gasteiger partial charge in [-0.1, -0.05) is 12.8 Å².